The fourth-order valence-electron chi connectivity index (χ4n) is 3.70. The van der Waals surface area contributed by atoms with Gasteiger partial charge in [-0.1, -0.05) is 23.4 Å². The van der Waals surface area contributed by atoms with Crippen molar-refractivity contribution in [3.63, 3.8) is 0 Å². The molecular formula is C21H25N5O2. The van der Waals surface area contributed by atoms with E-state index in [4.69, 9.17) is 0 Å². The summed E-state index contributed by atoms with van der Waals surface area (Å²) in [6.07, 6.45) is 5.46. The number of para-hydroxylation sites is 1. The molecule has 7 nitrogen and oxygen atoms in total. The molecule has 1 atom stereocenters. The van der Waals surface area contributed by atoms with Gasteiger partial charge in [-0.2, -0.15) is 0 Å². The predicted molar refractivity (Wildman–Crippen MR) is 106 cm³/mol. The first-order valence-electron chi connectivity index (χ1n) is 9.67. The van der Waals surface area contributed by atoms with E-state index in [1.807, 2.05) is 35.2 Å². The van der Waals surface area contributed by atoms with E-state index in [0.29, 0.717) is 30.3 Å². The Kier molecular flexibility index (Phi) is 4.85. The lowest BCUT2D eigenvalue weighted by molar-refractivity contribution is 0.0659. The zero-order valence-electron chi connectivity index (χ0n) is 16.2. The van der Waals surface area contributed by atoms with Crippen LogP contribution in [-0.2, 0) is 12.1 Å². The monoisotopic (exact) mass is 379 g/mol. The number of nitrogens with zero attached hydrogens (tertiary/aromatic N) is 5. The van der Waals surface area contributed by atoms with Crippen LogP contribution in [0.5, 0.6) is 0 Å². The highest BCUT2D eigenvalue weighted by Gasteiger charge is 2.26. The van der Waals surface area contributed by atoms with Crippen LogP contribution in [0, 0.1) is 5.92 Å². The summed E-state index contributed by atoms with van der Waals surface area (Å²) in [5, 5.41) is 19.2. The average molecular weight is 379 g/mol. The lowest BCUT2D eigenvalue weighted by Crippen LogP contribution is -2.41. The Morgan fingerprint density at radius 1 is 1.32 bits per heavy atom. The van der Waals surface area contributed by atoms with Crippen LogP contribution in [0.15, 0.2) is 42.7 Å². The molecule has 1 aliphatic rings. The molecule has 0 bridgehead atoms. The van der Waals surface area contributed by atoms with E-state index in [1.54, 1.807) is 30.9 Å². The van der Waals surface area contributed by atoms with Crippen LogP contribution < -0.4 is 0 Å². The van der Waals surface area contributed by atoms with Gasteiger partial charge in [0.05, 0.1) is 17.3 Å². The Balaban J connectivity index is 1.45. The highest BCUT2D eigenvalue weighted by atomic mass is 16.3. The molecule has 1 aliphatic heterocycles. The quantitative estimate of drug-likeness (QED) is 0.753. The topological polar surface area (TPSA) is 84.1 Å². The summed E-state index contributed by atoms with van der Waals surface area (Å²) < 4.78 is 1.77. The van der Waals surface area contributed by atoms with Crippen molar-refractivity contribution < 1.29 is 9.90 Å². The molecule has 1 N–H and O–H groups in total. The number of rotatable bonds is 4. The van der Waals surface area contributed by atoms with Gasteiger partial charge in [0.25, 0.3) is 5.91 Å². The summed E-state index contributed by atoms with van der Waals surface area (Å²) in [4.78, 5) is 19.3. The number of piperidine rings is 1. The van der Waals surface area contributed by atoms with Crippen LogP contribution in [0.3, 0.4) is 0 Å². The summed E-state index contributed by atoms with van der Waals surface area (Å²) in [6, 6.07) is 9.74. The van der Waals surface area contributed by atoms with Gasteiger partial charge in [0.1, 0.15) is 11.3 Å². The van der Waals surface area contributed by atoms with Crippen molar-refractivity contribution in [2.45, 2.75) is 38.8 Å². The molecule has 1 fully saturated rings. The van der Waals surface area contributed by atoms with Crippen LogP contribution in [-0.4, -0.2) is 49.0 Å². The summed E-state index contributed by atoms with van der Waals surface area (Å²) in [7, 11) is 0. The fraction of sp³-hybridized carbons (Fsp3) is 0.429. The van der Waals surface area contributed by atoms with Crippen LogP contribution >= 0.6 is 0 Å². The first kappa shape index (κ1) is 18.6. The van der Waals surface area contributed by atoms with Gasteiger partial charge in [0, 0.05) is 31.2 Å². The highest BCUT2D eigenvalue weighted by molar-refractivity contribution is 5.97. The molecule has 1 saturated heterocycles. The van der Waals surface area contributed by atoms with E-state index in [1.165, 1.54) is 0 Å². The third-order valence-electron chi connectivity index (χ3n) is 5.25. The fourth-order valence-corrected chi connectivity index (χ4v) is 3.70. The van der Waals surface area contributed by atoms with E-state index < -0.39 is 5.60 Å². The van der Waals surface area contributed by atoms with Gasteiger partial charge >= 0.3 is 0 Å². The van der Waals surface area contributed by atoms with Gasteiger partial charge in [-0.15, -0.1) is 5.10 Å². The number of hydrogen-bond donors (Lipinski definition) is 1. The Labute approximate surface area is 164 Å². The van der Waals surface area contributed by atoms with E-state index in [-0.39, 0.29) is 5.91 Å². The van der Waals surface area contributed by atoms with Gasteiger partial charge in [-0.05, 0) is 44.7 Å². The summed E-state index contributed by atoms with van der Waals surface area (Å²) in [6.45, 7) is 5.51. The normalized spacial score (nSPS) is 17.8. The summed E-state index contributed by atoms with van der Waals surface area (Å²) in [5.41, 5.74) is 1.07. The molecule has 28 heavy (non-hydrogen) atoms. The van der Waals surface area contributed by atoms with E-state index in [9.17, 15) is 9.90 Å². The summed E-state index contributed by atoms with van der Waals surface area (Å²) in [5.74, 6) is 0.334. The molecule has 146 valence electrons. The number of hydrogen-bond acceptors (Lipinski definition) is 5. The third-order valence-corrected chi connectivity index (χ3v) is 5.25. The minimum absolute atomic E-state index is 0.0266. The molecule has 4 rings (SSSR count). The molecule has 3 aromatic rings. The number of benzene rings is 1. The zero-order chi connectivity index (χ0) is 19.7. The Hall–Kier alpha value is -2.80. The molecule has 3 heterocycles. The Morgan fingerprint density at radius 3 is 2.93 bits per heavy atom. The number of aliphatic hydroxyl groups is 1. The highest BCUT2D eigenvalue weighted by Crippen LogP contribution is 2.22. The van der Waals surface area contributed by atoms with Gasteiger partial charge in [0.15, 0.2) is 0 Å². The van der Waals surface area contributed by atoms with Gasteiger partial charge in [0.2, 0.25) is 0 Å². The Bertz CT molecular complexity index is 992. The van der Waals surface area contributed by atoms with Crippen molar-refractivity contribution in [3.8, 4) is 0 Å². The van der Waals surface area contributed by atoms with Crippen LogP contribution in [0.25, 0.3) is 10.9 Å². The zero-order valence-corrected chi connectivity index (χ0v) is 16.2. The van der Waals surface area contributed by atoms with Crippen LogP contribution in [0.2, 0.25) is 0 Å². The number of amides is 1. The smallest absolute Gasteiger partial charge is 0.255 e. The van der Waals surface area contributed by atoms with Crippen molar-refractivity contribution in [1.29, 1.82) is 0 Å². The maximum Gasteiger partial charge on any atom is 0.255 e. The molecule has 1 aromatic carbocycles. The van der Waals surface area contributed by atoms with E-state index in [2.05, 4.69) is 15.3 Å². The lowest BCUT2D eigenvalue weighted by Gasteiger charge is -2.32. The second-order valence-electron chi connectivity index (χ2n) is 8.06. The van der Waals surface area contributed by atoms with E-state index >= 15 is 0 Å². The average Bonchev–Trinajstić information content (AvgIpc) is 3.16. The molecule has 0 unspecified atom stereocenters. The molecule has 1 amide bonds. The number of carbonyl (C=O) groups is 1. The standard InChI is InChI=1S/C21H25N5O2/c1-21(2,28)19-14-26(24-23-19)13-15-6-5-9-25(12-15)20(27)17-10-16-7-3-4-8-18(16)22-11-17/h3-4,7-8,10-11,14-15,28H,5-6,9,12-13H2,1-2H3/t15-/m1/s1. The van der Waals surface area contributed by atoms with Crippen molar-refractivity contribution in [2.24, 2.45) is 5.92 Å². The molecule has 0 radical (unpaired) electrons. The Morgan fingerprint density at radius 2 is 2.14 bits per heavy atom. The molecule has 0 spiro atoms. The van der Waals surface area contributed by atoms with E-state index in [0.717, 1.165) is 30.3 Å². The van der Waals surface area contributed by atoms with Crippen molar-refractivity contribution in [1.82, 2.24) is 24.9 Å². The molecule has 7 heteroatoms. The van der Waals surface area contributed by atoms with Crippen LogP contribution in [0.4, 0.5) is 0 Å². The molecule has 0 saturated carbocycles. The SMILES string of the molecule is CC(C)(O)c1cn(C[C@@H]2CCCN(C(=O)c3cnc4ccccc4c3)C2)nn1. The number of aromatic nitrogens is 4. The third kappa shape index (κ3) is 3.89. The second kappa shape index (κ2) is 7.31. The first-order valence-corrected chi connectivity index (χ1v) is 9.67. The number of likely N-dealkylation sites (tertiary alicyclic amines) is 1. The minimum Gasteiger partial charge on any atom is -0.384 e. The van der Waals surface area contributed by atoms with Gasteiger partial charge in [-0.25, -0.2) is 0 Å². The largest absolute Gasteiger partial charge is 0.384 e. The minimum atomic E-state index is -1.00. The number of pyridine rings is 1. The van der Waals surface area contributed by atoms with Crippen molar-refractivity contribution in [2.75, 3.05) is 13.1 Å². The maximum atomic E-state index is 13.0. The van der Waals surface area contributed by atoms with Crippen molar-refractivity contribution in [3.05, 3.63) is 54.0 Å². The predicted octanol–water partition coefficient (Wildman–Crippen LogP) is 2.61. The van der Waals surface area contributed by atoms with Gasteiger partial charge in [-0.3, -0.25) is 14.5 Å². The lowest BCUT2D eigenvalue weighted by atomic mass is 9.97. The van der Waals surface area contributed by atoms with Crippen LogP contribution in [0.1, 0.15) is 42.7 Å². The summed E-state index contributed by atoms with van der Waals surface area (Å²) >= 11 is 0. The molecular weight excluding hydrogens is 354 g/mol. The maximum absolute atomic E-state index is 13.0. The molecule has 0 aliphatic carbocycles. The number of fused-ring (bicyclic) bond motifs is 1. The van der Waals surface area contributed by atoms with Crippen molar-refractivity contribution >= 4 is 16.8 Å². The second-order valence-corrected chi connectivity index (χ2v) is 8.06. The molecule has 2 aromatic heterocycles. The number of carbonyl (C=O) groups excluding carboxylic acids is 1. The first-order chi connectivity index (χ1) is 13.4. The van der Waals surface area contributed by atoms with Gasteiger partial charge < -0.3 is 10.0 Å².